The van der Waals surface area contributed by atoms with Crippen molar-refractivity contribution < 1.29 is 19.1 Å². The molecule has 0 atom stereocenters. The van der Waals surface area contributed by atoms with E-state index in [1.54, 1.807) is 30.6 Å². The van der Waals surface area contributed by atoms with Crippen LogP contribution in [0.1, 0.15) is 23.2 Å². The Kier molecular flexibility index (Phi) is 6.97. The second kappa shape index (κ2) is 10.6. The Morgan fingerprint density at radius 1 is 0.971 bits per heavy atom. The number of aromatic nitrogens is 2. The minimum absolute atomic E-state index is 0.154. The van der Waals surface area contributed by atoms with Crippen molar-refractivity contribution in [2.75, 3.05) is 43.5 Å². The highest BCUT2D eigenvalue weighted by atomic mass is 16.5. The van der Waals surface area contributed by atoms with Crippen LogP contribution in [-0.2, 0) is 9.53 Å². The first-order valence-electron chi connectivity index (χ1n) is 11.7. The summed E-state index contributed by atoms with van der Waals surface area (Å²) in [6, 6.07) is 14.8. The smallest absolute Gasteiger partial charge is 0.258 e. The summed E-state index contributed by atoms with van der Waals surface area (Å²) < 4.78 is 11.3. The zero-order valence-corrected chi connectivity index (χ0v) is 19.3. The topological polar surface area (TPSA) is 106 Å². The molecule has 2 aromatic carbocycles. The predicted molar refractivity (Wildman–Crippen MR) is 131 cm³/mol. The molecule has 1 aliphatic heterocycles. The van der Waals surface area contributed by atoms with E-state index < -0.39 is 0 Å². The maximum atomic E-state index is 12.9. The SMILES string of the molecule is O=C(CN1CCOCC1)Nc1cc(C(=O)Nc2ncc(-c3ccccc3)cn2)ccc1OC1CC1. The number of ether oxygens (including phenoxy) is 2. The Bertz CT molecular complexity index is 1180. The van der Waals surface area contributed by atoms with Gasteiger partial charge in [-0.15, -0.1) is 0 Å². The maximum Gasteiger partial charge on any atom is 0.258 e. The number of anilines is 2. The number of hydrogen-bond acceptors (Lipinski definition) is 7. The van der Waals surface area contributed by atoms with Crippen molar-refractivity contribution in [1.29, 1.82) is 0 Å². The quantitative estimate of drug-likeness (QED) is 0.518. The third kappa shape index (κ3) is 6.20. The summed E-state index contributed by atoms with van der Waals surface area (Å²) in [5.74, 6) is 0.220. The van der Waals surface area contributed by atoms with E-state index >= 15 is 0 Å². The molecule has 0 bridgehead atoms. The third-order valence-electron chi connectivity index (χ3n) is 5.79. The van der Waals surface area contributed by atoms with E-state index in [1.165, 1.54) is 0 Å². The molecule has 1 aliphatic carbocycles. The highest BCUT2D eigenvalue weighted by Gasteiger charge is 2.25. The highest BCUT2D eigenvalue weighted by Crippen LogP contribution is 2.33. The first-order chi connectivity index (χ1) is 17.1. The molecule has 1 saturated heterocycles. The van der Waals surface area contributed by atoms with Gasteiger partial charge in [-0.2, -0.15) is 0 Å². The zero-order valence-electron chi connectivity index (χ0n) is 19.3. The van der Waals surface area contributed by atoms with Crippen molar-refractivity contribution in [2.45, 2.75) is 18.9 Å². The van der Waals surface area contributed by atoms with E-state index in [0.29, 0.717) is 43.3 Å². The van der Waals surface area contributed by atoms with Gasteiger partial charge in [-0.3, -0.25) is 19.8 Å². The van der Waals surface area contributed by atoms with Crippen LogP contribution in [0.2, 0.25) is 0 Å². The van der Waals surface area contributed by atoms with Crippen molar-refractivity contribution in [2.24, 2.45) is 0 Å². The molecular weight excluding hydrogens is 446 g/mol. The first kappa shape index (κ1) is 22.9. The minimum Gasteiger partial charge on any atom is -0.488 e. The number of nitrogens with zero attached hydrogens (tertiary/aromatic N) is 3. The summed E-state index contributed by atoms with van der Waals surface area (Å²) in [6.45, 7) is 2.92. The van der Waals surface area contributed by atoms with Crippen LogP contribution in [-0.4, -0.2) is 65.6 Å². The molecule has 0 radical (unpaired) electrons. The van der Waals surface area contributed by atoms with E-state index in [9.17, 15) is 9.59 Å². The van der Waals surface area contributed by atoms with Crippen LogP contribution < -0.4 is 15.4 Å². The molecule has 180 valence electrons. The average Bonchev–Trinajstić information content (AvgIpc) is 3.71. The number of benzene rings is 2. The second-order valence-electron chi connectivity index (χ2n) is 8.58. The zero-order chi connectivity index (χ0) is 24.0. The van der Waals surface area contributed by atoms with E-state index in [-0.39, 0.29) is 30.4 Å². The van der Waals surface area contributed by atoms with Crippen LogP contribution >= 0.6 is 0 Å². The van der Waals surface area contributed by atoms with Crippen molar-refractivity contribution in [1.82, 2.24) is 14.9 Å². The molecule has 2 amide bonds. The molecule has 35 heavy (non-hydrogen) atoms. The van der Waals surface area contributed by atoms with Crippen molar-refractivity contribution in [3.63, 3.8) is 0 Å². The standard InChI is InChI=1S/C26H27N5O4/c32-24(17-31-10-12-34-13-11-31)29-22-14-19(6-9-23(22)35-21-7-8-21)25(33)30-26-27-15-20(16-28-26)18-4-2-1-3-5-18/h1-6,9,14-16,21H,7-8,10-13,17H2,(H,29,32)(H,27,28,30,33). The van der Waals surface area contributed by atoms with Crippen LogP contribution in [0.25, 0.3) is 11.1 Å². The summed E-state index contributed by atoms with van der Waals surface area (Å²) in [6.07, 6.45) is 5.46. The van der Waals surface area contributed by atoms with Gasteiger partial charge in [-0.05, 0) is 36.6 Å². The Labute approximate surface area is 203 Å². The van der Waals surface area contributed by atoms with Crippen molar-refractivity contribution in [3.05, 3.63) is 66.5 Å². The minimum atomic E-state index is -0.376. The van der Waals surface area contributed by atoms with Gasteiger partial charge in [-0.1, -0.05) is 30.3 Å². The van der Waals surface area contributed by atoms with Crippen LogP contribution in [0.15, 0.2) is 60.9 Å². The van der Waals surface area contributed by atoms with Crippen LogP contribution in [0.4, 0.5) is 11.6 Å². The Balaban J connectivity index is 1.27. The van der Waals surface area contributed by atoms with Gasteiger partial charge in [0.1, 0.15) is 5.75 Å². The number of carbonyl (C=O) groups is 2. The fourth-order valence-electron chi connectivity index (χ4n) is 3.74. The highest BCUT2D eigenvalue weighted by molar-refractivity contribution is 6.05. The third-order valence-corrected chi connectivity index (χ3v) is 5.79. The fraction of sp³-hybridized carbons (Fsp3) is 0.308. The van der Waals surface area contributed by atoms with Crippen LogP contribution in [0.3, 0.4) is 0 Å². The van der Waals surface area contributed by atoms with E-state index in [1.807, 2.05) is 35.2 Å². The van der Waals surface area contributed by atoms with Gasteiger partial charge in [0.05, 0.1) is 31.5 Å². The van der Waals surface area contributed by atoms with Crippen LogP contribution in [0.5, 0.6) is 5.75 Å². The maximum absolute atomic E-state index is 12.9. The molecule has 9 nitrogen and oxygen atoms in total. The fourth-order valence-corrected chi connectivity index (χ4v) is 3.74. The lowest BCUT2D eigenvalue weighted by Crippen LogP contribution is -2.41. The lowest BCUT2D eigenvalue weighted by Gasteiger charge is -2.26. The normalized spacial score (nSPS) is 15.9. The van der Waals surface area contributed by atoms with Gasteiger partial charge in [-0.25, -0.2) is 9.97 Å². The van der Waals surface area contributed by atoms with Gasteiger partial charge in [0.2, 0.25) is 11.9 Å². The predicted octanol–water partition coefficient (Wildman–Crippen LogP) is 3.21. The van der Waals surface area contributed by atoms with Gasteiger partial charge in [0.25, 0.3) is 5.91 Å². The molecule has 2 fully saturated rings. The number of amides is 2. The lowest BCUT2D eigenvalue weighted by molar-refractivity contribution is -0.118. The molecule has 5 rings (SSSR count). The largest absolute Gasteiger partial charge is 0.488 e. The van der Waals surface area contributed by atoms with E-state index in [4.69, 9.17) is 9.47 Å². The van der Waals surface area contributed by atoms with Gasteiger partial charge in [0, 0.05) is 36.6 Å². The monoisotopic (exact) mass is 473 g/mol. The van der Waals surface area contributed by atoms with Crippen molar-refractivity contribution >= 4 is 23.5 Å². The van der Waals surface area contributed by atoms with Crippen molar-refractivity contribution in [3.8, 4) is 16.9 Å². The van der Waals surface area contributed by atoms with Gasteiger partial charge < -0.3 is 14.8 Å². The Hall–Kier alpha value is -3.82. The Morgan fingerprint density at radius 3 is 2.43 bits per heavy atom. The van der Waals surface area contributed by atoms with Gasteiger partial charge >= 0.3 is 0 Å². The molecule has 2 N–H and O–H groups in total. The number of rotatable bonds is 8. The average molecular weight is 474 g/mol. The first-order valence-corrected chi connectivity index (χ1v) is 11.7. The molecule has 9 heteroatoms. The number of carbonyl (C=O) groups excluding carboxylic acids is 2. The van der Waals surface area contributed by atoms with Gasteiger partial charge in [0.15, 0.2) is 0 Å². The summed E-state index contributed by atoms with van der Waals surface area (Å²) >= 11 is 0. The molecule has 1 saturated carbocycles. The van der Waals surface area contributed by atoms with Crippen LogP contribution in [0, 0.1) is 0 Å². The number of hydrogen-bond donors (Lipinski definition) is 2. The molecule has 3 aromatic rings. The molecule has 2 heterocycles. The van der Waals surface area contributed by atoms with E-state index in [0.717, 1.165) is 24.0 Å². The summed E-state index contributed by atoms with van der Waals surface area (Å²) in [4.78, 5) is 36.2. The number of morpholine rings is 1. The molecule has 1 aromatic heterocycles. The van der Waals surface area contributed by atoms with E-state index in [2.05, 4.69) is 20.6 Å². The number of nitrogens with one attached hydrogen (secondary N) is 2. The second-order valence-corrected chi connectivity index (χ2v) is 8.58. The summed E-state index contributed by atoms with van der Waals surface area (Å²) in [7, 11) is 0. The summed E-state index contributed by atoms with van der Waals surface area (Å²) in [5, 5.41) is 5.64. The molecule has 2 aliphatic rings. The molecular formula is C26H27N5O4. The lowest BCUT2D eigenvalue weighted by atomic mass is 10.1. The Morgan fingerprint density at radius 2 is 1.71 bits per heavy atom. The molecule has 0 spiro atoms. The molecule has 0 unspecified atom stereocenters. The summed E-state index contributed by atoms with van der Waals surface area (Å²) in [5.41, 5.74) is 2.69.